The Balaban J connectivity index is 1.81. The van der Waals surface area contributed by atoms with Crippen LogP contribution in [0.25, 0.3) is 0 Å². The van der Waals surface area contributed by atoms with Crippen LogP contribution in [-0.4, -0.2) is 14.3 Å². The third-order valence-electron chi connectivity index (χ3n) is 3.90. The van der Waals surface area contributed by atoms with E-state index in [1.807, 2.05) is 18.2 Å². The highest BCUT2D eigenvalue weighted by Crippen LogP contribution is 2.31. The van der Waals surface area contributed by atoms with Crippen molar-refractivity contribution in [1.29, 1.82) is 0 Å². The van der Waals surface area contributed by atoms with Crippen molar-refractivity contribution in [3.8, 4) is 0 Å². The Morgan fingerprint density at radius 3 is 2.78 bits per heavy atom. The summed E-state index contributed by atoms with van der Waals surface area (Å²) in [7, 11) is -3.78. The summed E-state index contributed by atoms with van der Waals surface area (Å²) in [6.45, 7) is 0. The molecule has 0 bridgehead atoms. The molecule has 0 spiro atoms. The summed E-state index contributed by atoms with van der Waals surface area (Å²) < 4.78 is 22.6. The van der Waals surface area contributed by atoms with Crippen LogP contribution in [-0.2, 0) is 16.4 Å². The first kappa shape index (κ1) is 16.0. The molecular formula is C15H17N3O3S2. The quantitative estimate of drug-likeness (QED) is 0.731. The summed E-state index contributed by atoms with van der Waals surface area (Å²) in [6, 6.07) is 6.93. The van der Waals surface area contributed by atoms with Crippen LogP contribution in [0, 0.1) is 0 Å². The molecule has 0 radical (unpaired) electrons. The average molecular weight is 351 g/mol. The first-order valence-electron chi connectivity index (χ1n) is 7.15. The van der Waals surface area contributed by atoms with Crippen LogP contribution in [0.2, 0.25) is 0 Å². The topological polar surface area (TPSA) is 115 Å². The lowest BCUT2D eigenvalue weighted by Crippen LogP contribution is -2.30. The highest BCUT2D eigenvalue weighted by atomic mass is 32.2. The molecule has 1 atom stereocenters. The molecule has 1 unspecified atom stereocenters. The Hall–Kier alpha value is -1.90. The second-order valence-electron chi connectivity index (χ2n) is 5.58. The second-order valence-corrected chi connectivity index (χ2v) is 8.28. The van der Waals surface area contributed by atoms with Gasteiger partial charge < -0.3 is 11.1 Å². The maximum absolute atomic E-state index is 12.4. The number of sulfonamides is 1. The van der Waals surface area contributed by atoms with Gasteiger partial charge in [0.25, 0.3) is 5.91 Å². The number of benzene rings is 1. The number of aryl methyl sites for hydroxylation is 1. The van der Waals surface area contributed by atoms with Crippen LogP contribution in [0.15, 0.2) is 33.9 Å². The van der Waals surface area contributed by atoms with Gasteiger partial charge >= 0.3 is 0 Å². The number of carbonyl (C=O) groups excluding carboxylic acids is 1. The van der Waals surface area contributed by atoms with Gasteiger partial charge in [-0.1, -0.05) is 6.07 Å². The van der Waals surface area contributed by atoms with E-state index in [1.165, 1.54) is 11.4 Å². The molecule has 0 saturated heterocycles. The summed E-state index contributed by atoms with van der Waals surface area (Å²) in [4.78, 5) is 12.4. The number of hydrogen-bond acceptors (Lipinski definition) is 5. The summed E-state index contributed by atoms with van der Waals surface area (Å²) in [5.41, 5.74) is 9.05. The number of hydrogen-bond donors (Lipinski definition) is 3. The number of rotatable bonds is 3. The number of anilines is 1. The van der Waals surface area contributed by atoms with E-state index in [1.54, 1.807) is 0 Å². The minimum Gasteiger partial charge on any atom is -0.399 e. The highest BCUT2D eigenvalue weighted by Gasteiger charge is 2.23. The Bertz CT molecular complexity index is 859. The molecule has 1 aromatic carbocycles. The van der Waals surface area contributed by atoms with E-state index in [9.17, 15) is 13.2 Å². The molecule has 1 amide bonds. The molecule has 1 aliphatic carbocycles. The van der Waals surface area contributed by atoms with Crippen molar-refractivity contribution < 1.29 is 13.2 Å². The van der Waals surface area contributed by atoms with Gasteiger partial charge in [-0.3, -0.25) is 4.79 Å². The molecule has 122 valence electrons. The molecule has 0 aliphatic heterocycles. The average Bonchev–Trinajstić information content (AvgIpc) is 2.97. The van der Waals surface area contributed by atoms with E-state index in [0.717, 1.165) is 41.7 Å². The number of carbonyl (C=O) groups is 1. The Morgan fingerprint density at radius 1 is 1.30 bits per heavy atom. The van der Waals surface area contributed by atoms with Gasteiger partial charge in [-0.15, -0.1) is 11.3 Å². The van der Waals surface area contributed by atoms with Crippen molar-refractivity contribution in [2.24, 2.45) is 5.14 Å². The zero-order valence-electron chi connectivity index (χ0n) is 12.3. The van der Waals surface area contributed by atoms with Crippen molar-refractivity contribution >= 4 is 33.0 Å². The van der Waals surface area contributed by atoms with Gasteiger partial charge in [0.15, 0.2) is 0 Å². The highest BCUT2D eigenvalue weighted by molar-refractivity contribution is 7.91. The summed E-state index contributed by atoms with van der Waals surface area (Å²) in [5, 5.41) is 9.54. The zero-order valence-corrected chi connectivity index (χ0v) is 13.9. The molecular weight excluding hydrogens is 334 g/mol. The van der Waals surface area contributed by atoms with Crippen LogP contribution in [0.5, 0.6) is 0 Å². The number of primary sulfonamides is 1. The van der Waals surface area contributed by atoms with Crippen LogP contribution < -0.4 is 16.2 Å². The molecule has 1 aromatic heterocycles. The number of nitrogens with one attached hydrogen (secondary N) is 1. The maximum Gasteiger partial charge on any atom is 0.252 e. The zero-order chi connectivity index (χ0) is 16.6. The Kier molecular flexibility index (Phi) is 4.13. The third kappa shape index (κ3) is 3.39. The number of amides is 1. The number of fused-ring (bicyclic) bond motifs is 1. The Labute approximate surface area is 138 Å². The van der Waals surface area contributed by atoms with Gasteiger partial charge in [0.2, 0.25) is 10.0 Å². The monoisotopic (exact) mass is 351 g/mol. The molecule has 0 fully saturated rings. The van der Waals surface area contributed by atoms with Gasteiger partial charge in [-0.2, -0.15) is 0 Å². The lowest BCUT2D eigenvalue weighted by atomic mass is 9.87. The molecule has 6 nitrogen and oxygen atoms in total. The van der Waals surface area contributed by atoms with Gasteiger partial charge in [-0.05, 0) is 48.6 Å². The van der Waals surface area contributed by atoms with Crippen LogP contribution in [0.4, 0.5) is 5.69 Å². The standard InChI is InChI=1S/C15H17N3O3S2/c16-11-4-5-12-9(6-11)2-1-3-13(12)18-15(19)10-7-14(22-8-10)23(17,20)21/h4-8,13H,1-3,16H2,(H,18,19)(H2,17,20,21). The van der Waals surface area contributed by atoms with E-state index in [4.69, 9.17) is 10.9 Å². The molecule has 23 heavy (non-hydrogen) atoms. The van der Waals surface area contributed by atoms with Gasteiger partial charge in [0.05, 0.1) is 11.6 Å². The number of nitrogen functional groups attached to an aromatic ring is 1. The van der Waals surface area contributed by atoms with Crippen molar-refractivity contribution in [2.45, 2.75) is 29.5 Å². The number of nitrogens with two attached hydrogens (primary N) is 2. The van der Waals surface area contributed by atoms with E-state index >= 15 is 0 Å². The van der Waals surface area contributed by atoms with E-state index in [-0.39, 0.29) is 16.2 Å². The van der Waals surface area contributed by atoms with Crippen LogP contribution in [0.1, 0.15) is 40.4 Å². The fraction of sp³-hybridized carbons (Fsp3) is 0.267. The molecule has 5 N–H and O–H groups in total. The van der Waals surface area contributed by atoms with Crippen molar-refractivity contribution in [1.82, 2.24) is 5.32 Å². The van der Waals surface area contributed by atoms with Crippen LogP contribution >= 0.6 is 11.3 Å². The lowest BCUT2D eigenvalue weighted by molar-refractivity contribution is 0.0933. The van der Waals surface area contributed by atoms with Crippen molar-refractivity contribution in [3.05, 3.63) is 46.3 Å². The number of thiophene rings is 1. The first-order valence-corrected chi connectivity index (χ1v) is 9.57. The van der Waals surface area contributed by atoms with Crippen molar-refractivity contribution in [2.75, 3.05) is 5.73 Å². The molecule has 1 heterocycles. The first-order chi connectivity index (χ1) is 10.8. The third-order valence-corrected chi connectivity index (χ3v) is 6.29. The van der Waals surface area contributed by atoms with Gasteiger partial charge in [0, 0.05) is 11.1 Å². The van der Waals surface area contributed by atoms with Gasteiger partial charge in [-0.25, -0.2) is 13.6 Å². The molecule has 8 heteroatoms. The minimum absolute atomic E-state index is 0.0144. The largest absolute Gasteiger partial charge is 0.399 e. The van der Waals surface area contributed by atoms with Gasteiger partial charge in [0.1, 0.15) is 4.21 Å². The fourth-order valence-electron chi connectivity index (χ4n) is 2.81. The summed E-state index contributed by atoms with van der Waals surface area (Å²) in [5.74, 6) is -0.300. The lowest BCUT2D eigenvalue weighted by Gasteiger charge is -2.26. The van der Waals surface area contributed by atoms with Crippen molar-refractivity contribution in [3.63, 3.8) is 0 Å². The van der Waals surface area contributed by atoms with Crippen LogP contribution in [0.3, 0.4) is 0 Å². The summed E-state index contributed by atoms with van der Waals surface area (Å²) >= 11 is 0.944. The second kappa shape index (κ2) is 5.95. The van der Waals surface area contributed by atoms with E-state index in [2.05, 4.69) is 5.32 Å². The van der Waals surface area contributed by atoms with E-state index < -0.39 is 10.0 Å². The van der Waals surface area contributed by atoms with E-state index in [0.29, 0.717) is 11.3 Å². The molecule has 0 saturated carbocycles. The normalized spacial score (nSPS) is 17.5. The minimum atomic E-state index is -3.78. The predicted octanol–water partition coefficient (Wildman–Crippen LogP) is 1.79. The predicted molar refractivity (Wildman–Crippen MR) is 89.7 cm³/mol. The SMILES string of the molecule is Nc1ccc2c(c1)CCCC2NC(=O)c1csc(S(N)(=O)=O)c1. The Morgan fingerprint density at radius 2 is 2.09 bits per heavy atom. The fourth-order valence-corrected chi connectivity index (χ4v) is 4.40. The molecule has 2 aromatic rings. The maximum atomic E-state index is 12.4. The smallest absolute Gasteiger partial charge is 0.252 e. The summed E-state index contributed by atoms with van der Waals surface area (Å²) in [6.07, 6.45) is 2.75. The molecule has 3 rings (SSSR count). The molecule has 1 aliphatic rings.